The van der Waals surface area contributed by atoms with Crippen molar-refractivity contribution >= 4 is 23.5 Å². The van der Waals surface area contributed by atoms with Crippen molar-refractivity contribution < 1.29 is 14.3 Å². The number of urea groups is 1. The summed E-state index contributed by atoms with van der Waals surface area (Å²) in [5.41, 5.74) is 1.99. The topological polar surface area (TPSA) is 61.9 Å². The number of carbonyl (C=O) groups excluding carboxylic acids is 2. The molecule has 0 spiro atoms. The molecule has 0 saturated carbocycles. The van der Waals surface area contributed by atoms with E-state index in [4.69, 9.17) is 16.3 Å². The van der Waals surface area contributed by atoms with Gasteiger partial charge in [0.1, 0.15) is 0 Å². The molecule has 134 valence electrons. The fraction of sp³-hybridized carbons (Fsp3) is 0.444. The quantitative estimate of drug-likeness (QED) is 0.837. The smallest absolute Gasteiger partial charge is 0.317 e. The Kier molecular flexibility index (Phi) is 5.30. The van der Waals surface area contributed by atoms with Gasteiger partial charge in [0.25, 0.3) is 0 Å². The number of nitrogens with one attached hydrogen (secondary N) is 1. The summed E-state index contributed by atoms with van der Waals surface area (Å²) in [4.78, 5) is 27.2. The van der Waals surface area contributed by atoms with E-state index in [9.17, 15) is 9.59 Å². The Morgan fingerprint density at radius 1 is 1.40 bits per heavy atom. The summed E-state index contributed by atoms with van der Waals surface area (Å²) in [7, 11) is 1.77. The van der Waals surface area contributed by atoms with E-state index in [2.05, 4.69) is 18.0 Å². The van der Waals surface area contributed by atoms with Gasteiger partial charge in [-0.25, -0.2) is 4.79 Å². The molecular formula is C18H22ClN3O3. The van der Waals surface area contributed by atoms with Crippen LogP contribution in [0.4, 0.5) is 4.79 Å². The molecule has 6 nitrogen and oxygen atoms in total. The monoisotopic (exact) mass is 363 g/mol. The number of carbonyl (C=O) groups is 2. The number of rotatable bonds is 3. The molecule has 25 heavy (non-hydrogen) atoms. The van der Waals surface area contributed by atoms with Gasteiger partial charge in [-0.15, -0.1) is 0 Å². The van der Waals surface area contributed by atoms with Crippen molar-refractivity contribution in [1.82, 2.24) is 15.1 Å². The molecule has 1 N–H and O–H groups in total. The predicted octanol–water partition coefficient (Wildman–Crippen LogP) is 2.16. The first kappa shape index (κ1) is 17.8. The average Bonchev–Trinajstić information content (AvgIpc) is 2.62. The molecule has 2 atom stereocenters. The number of likely N-dealkylation sites (N-methyl/N-ethyl adjacent to an activating group) is 1. The van der Waals surface area contributed by atoms with Crippen LogP contribution < -0.4 is 5.32 Å². The van der Waals surface area contributed by atoms with E-state index >= 15 is 0 Å². The normalized spacial score (nSPS) is 24.0. The zero-order valence-electron chi connectivity index (χ0n) is 14.2. The lowest BCUT2D eigenvalue weighted by molar-refractivity contribution is -0.134. The van der Waals surface area contributed by atoms with Crippen molar-refractivity contribution in [2.45, 2.75) is 12.0 Å². The molecule has 2 fully saturated rings. The van der Waals surface area contributed by atoms with Crippen LogP contribution in [0, 0.1) is 0 Å². The first-order chi connectivity index (χ1) is 12.0. The largest absolute Gasteiger partial charge is 0.377 e. The summed E-state index contributed by atoms with van der Waals surface area (Å²) in [6.07, 6.45) is 1.33. The predicted molar refractivity (Wildman–Crippen MR) is 95.7 cm³/mol. The zero-order valence-corrected chi connectivity index (χ0v) is 15.0. The summed E-state index contributed by atoms with van der Waals surface area (Å²) in [5.74, 6) is 0.0349. The van der Waals surface area contributed by atoms with Crippen LogP contribution in [0.3, 0.4) is 0 Å². The highest BCUT2D eigenvalue weighted by Gasteiger charge is 2.29. The Hall–Kier alpha value is -2.05. The molecule has 1 aromatic rings. The highest BCUT2D eigenvalue weighted by atomic mass is 35.5. The lowest BCUT2D eigenvalue weighted by Crippen LogP contribution is -2.48. The molecule has 0 bridgehead atoms. The van der Waals surface area contributed by atoms with Crippen LogP contribution in [0.15, 0.2) is 30.9 Å². The second kappa shape index (κ2) is 7.45. The Morgan fingerprint density at radius 3 is 2.88 bits per heavy atom. The summed E-state index contributed by atoms with van der Waals surface area (Å²) in [6.45, 7) is 6.26. The van der Waals surface area contributed by atoms with Gasteiger partial charge in [0, 0.05) is 37.6 Å². The molecule has 0 aliphatic carbocycles. The molecule has 0 aromatic heterocycles. The van der Waals surface area contributed by atoms with E-state index in [1.807, 2.05) is 12.1 Å². The fourth-order valence-corrected chi connectivity index (χ4v) is 3.62. The molecule has 2 heterocycles. The van der Waals surface area contributed by atoms with Crippen molar-refractivity contribution in [3.63, 3.8) is 0 Å². The molecule has 1 unspecified atom stereocenters. The second-order valence-corrected chi connectivity index (χ2v) is 6.84. The average molecular weight is 364 g/mol. The SMILES string of the molecule is C=CC(=O)N1CCOC[C@H]1c1cc(Cl)cc(C2CNC(=O)N(C)C2)c1. The number of amides is 3. The van der Waals surface area contributed by atoms with Crippen LogP contribution in [0.25, 0.3) is 0 Å². The van der Waals surface area contributed by atoms with Crippen molar-refractivity contribution in [2.75, 3.05) is 39.9 Å². The second-order valence-electron chi connectivity index (χ2n) is 6.41. The maximum absolute atomic E-state index is 12.2. The molecule has 3 rings (SSSR count). The first-order valence-electron chi connectivity index (χ1n) is 8.29. The van der Waals surface area contributed by atoms with E-state index in [0.29, 0.717) is 37.9 Å². The van der Waals surface area contributed by atoms with Gasteiger partial charge in [0.05, 0.1) is 19.3 Å². The Labute approximate surface area is 152 Å². The van der Waals surface area contributed by atoms with Gasteiger partial charge in [-0.3, -0.25) is 4.79 Å². The number of morpholine rings is 1. The Bertz CT molecular complexity index is 694. The summed E-state index contributed by atoms with van der Waals surface area (Å²) in [6, 6.07) is 5.60. The molecule has 2 saturated heterocycles. The lowest BCUT2D eigenvalue weighted by atomic mass is 9.93. The van der Waals surface area contributed by atoms with Crippen LogP contribution in [-0.4, -0.2) is 61.6 Å². The molecule has 3 amide bonds. The van der Waals surface area contributed by atoms with Crippen LogP contribution in [0.1, 0.15) is 23.1 Å². The Balaban J connectivity index is 1.89. The van der Waals surface area contributed by atoms with E-state index in [0.717, 1.165) is 11.1 Å². The van der Waals surface area contributed by atoms with Crippen LogP contribution in [-0.2, 0) is 9.53 Å². The molecule has 0 radical (unpaired) electrons. The summed E-state index contributed by atoms with van der Waals surface area (Å²) in [5, 5.41) is 3.49. The standard InChI is InChI=1S/C18H22ClN3O3/c1-3-17(23)22-4-5-25-11-16(22)13-6-12(7-15(19)8-13)14-9-20-18(24)21(2)10-14/h3,6-8,14,16H,1,4-5,9-11H2,2H3,(H,20,24)/t14?,16-/m0/s1. The third-order valence-electron chi connectivity index (χ3n) is 4.73. The minimum atomic E-state index is -0.187. The number of hydrogen-bond acceptors (Lipinski definition) is 3. The fourth-order valence-electron chi connectivity index (χ4n) is 3.37. The Morgan fingerprint density at radius 2 is 2.16 bits per heavy atom. The highest BCUT2D eigenvalue weighted by Crippen LogP contribution is 2.31. The number of halogens is 1. The van der Waals surface area contributed by atoms with Gasteiger partial charge in [0.15, 0.2) is 0 Å². The van der Waals surface area contributed by atoms with Gasteiger partial charge < -0.3 is 19.9 Å². The minimum Gasteiger partial charge on any atom is -0.377 e. The van der Waals surface area contributed by atoms with E-state index in [-0.39, 0.29) is 23.9 Å². The van der Waals surface area contributed by atoms with Crippen LogP contribution >= 0.6 is 11.6 Å². The van der Waals surface area contributed by atoms with Crippen molar-refractivity contribution in [2.24, 2.45) is 0 Å². The van der Waals surface area contributed by atoms with Crippen LogP contribution in [0.5, 0.6) is 0 Å². The van der Waals surface area contributed by atoms with E-state index in [1.165, 1.54) is 6.08 Å². The van der Waals surface area contributed by atoms with Crippen LogP contribution in [0.2, 0.25) is 5.02 Å². The third-order valence-corrected chi connectivity index (χ3v) is 4.94. The number of benzene rings is 1. The van der Waals surface area contributed by atoms with Crippen molar-refractivity contribution in [3.05, 3.63) is 47.0 Å². The third kappa shape index (κ3) is 3.80. The van der Waals surface area contributed by atoms with Crippen molar-refractivity contribution in [1.29, 1.82) is 0 Å². The van der Waals surface area contributed by atoms with Gasteiger partial charge in [-0.2, -0.15) is 0 Å². The summed E-state index contributed by atoms with van der Waals surface area (Å²) < 4.78 is 5.58. The molecule has 2 aliphatic rings. The summed E-state index contributed by atoms with van der Waals surface area (Å²) >= 11 is 6.35. The molecule has 7 heteroatoms. The first-order valence-corrected chi connectivity index (χ1v) is 8.67. The maximum Gasteiger partial charge on any atom is 0.317 e. The van der Waals surface area contributed by atoms with Gasteiger partial charge in [-0.05, 0) is 29.3 Å². The number of ether oxygens (including phenoxy) is 1. The molecule has 2 aliphatic heterocycles. The maximum atomic E-state index is 12.2. The van der Waals surface area contributed by atoms with Gasteiger partial charge in [-0.1, -0.05) is 24.2 Å². The zero-order chi connectivity index (χ0) is 18.0. The molecular weight excluding hydrogens is 342 g/mol. The van der Waals surface area contributed by atoms with Crippen molar-refractivity contribution in [3.8, 4) is 0 Å². The van der Waals surface area contributed by atoms with E-state index in [1.54, 1.807) is 16.8 Å². The lowest BCUT2D eigenvalue weighted by Gasteiger charge is -2.36. The van der Waals surface area contributed by atoms with Gasteiger partial charge in [0.2, 0.25) is 5.91 Å². The molecule has 1 aromatic carbocycles. The number of hydrogen-bond donors (Lipinski definition) is 1. The van der Waals surface area contributed by atoms with E-state index < -0.39 is 0 Å². The van der Waals surface area contributed by atoms with Gasteiger partial charge >= 0.3 is 6.03 Å². The minimum absolute atomic E-state index is 0.0677. The highest BCUT2D eigenvalue weighted by molar-refractivity contribution is 6.30. The number of nitrogens with zero attached hydrogens (tertiary/aromatic N) is 2.